The molecule has 1 amide bonds. The topological polar surface area (TPSA) is 79.6 Å². The Kier molecular flexibility index (Phi) is 3.13. The number of carbonyl (C=O) groups is 2. The highest BCUT2D eigenvalue weighted by Gasteiger charge is 2.79. The van der Waals surface area contributed by atoms with Crippen molar-refractivity contribution in [1.29, 1.82) is 5.26 Å². The van der Waals surface area contributed by atoms with Crippen molar-refractivity contribution in [3.05, 3.63) is 23.8 Å². The maximum atomic E-state index is 13.4. The summed E-state index contributed by atoms with van der Waals surface area (Å²) in [5.41, 5.74) is 0.0601. The van der Waals surface area contributed by atoms with Gasteiger partial charge in [-0.15, -0.1) is 11.8 Å². The molecule has 1 aromatic carbocycles. The third kappa shape index (κ3) is 1.82. The van der Waals surface area contributed by atoms with Gasteiger partial charge in [-0.1, -0.05) is 6.07 Å². The second-order valence-corrected chi connectivity index (χ2v) is 9.99. The molecule has 0 radical (unpaired) electrons. The van der Waals surface area contributed by atoms with Crippen molar-refractivity contribution in [2.45, 2.75) is 35.8 Å². The van der Waals surface area contributed by atoms with Crippen LogP contribution in [0, 0.1) is 22.7 Å². The number of piperidine rings is 1. The minimum absolute atomic E-state index is 0.0267. The number of benzene rings is 1. The fourth-order valence-electron chi connectivity index (χ4n) is 5.45. The number of hydrogen-bond donors (Lipinski definition) is 0. The Bertz CT molecular complexity index is 942. The van der Waals surface area contributed by atoms with Gasteiger partial charge in [-0.3, -0.25) is 9.59 Å². The number of Topliss-reactive ketones (excluding diaryl/α,β-unsaturated/α-hetero) is 1. The Hall–Kier alpha value is -2.20. The second kappa shape index (κ2) is 4.99. The van der Waals surface area contributed by atoms with Gasteiger partial charge in [0.2, 0.25) is 5.91 Å². The molecule has 1 aromatic rings. The first-order chi connectivity index (χ1) is 12.8. The lowest BCUT2D eigenvalue weighted by molar-refractivity contribution is -0.147. The lowest BCUT2D eigenvalue weighted by Gasteiger charge is -2.36. The molecule has 3 fully saturated rings. The monoisotopic (exact) mass is 384 g/mol. The average molecular weight is 384 g/mol. The van der Waals surface area contributed by atoms with Crippen LogP contribution in [0.1, 0.15) is 31.7 Å². The zero-order valence-electron chi connectivity index (χ0n) is 15.4. The minimum atomic E-state index is -0.844. The highest BCUT2D eigenvalue weighted by Crippen LogP contribution is 2.73. The van der Waals surface area contributed by atoms with E-state index in [1.807, 2.05) is 32.0 Å². The van der Waals surface area contributed by atoms with E-state index in [1.54, 1.807) is 11.9 Å². The zero-order valence-corrected chi connectivity index (χ0v) is 16.3. The molecule has 5 rings (SSSR count). The summed E-state index contributed by atoms with van der Waals surface area (Å²) in [6.07, 6.45) is 0.384. The third-order valence-corrected chi connectivity index (χ3v) is 8.57. The molecular formula is C20H20N2O4S. The number of thioether (sulfide) groups is 1. The molecule has 0 aromatic heterocycles. The Morgan fingerprint density at radius 3 is 2.59 bits per heavy atom. The normalized spacial score (nSPS) is 41.6. The number of rotatable bonds is 1. The van der Waals surface area contributed by atoms with Gasteiger partial charge in [0.15, 0.2) is 17.3 Å². The van der Waals surface area contributed by atoms with Crippen molar-refractivity contribution in [2.75, 3.05) is 20.3 Å². The Labute approximate surface area is 161 Å². The first-order valence-corrected chi connectivity index (χ1v) is 9.92. The van der Waals surface area contributed by atoms with E-state index in [2.05, 4.69) is 6.07 Å². The molecule has 140 valence electrons. The first-order valence-electron chi connectivity index (χ1n) is 9.10. The van der Waals surface area contributed by atoms with Crippen LogP contribution in [-0.4, -0.2) is 46.5 Å². The van der Waals surface area contributed by atoms with E-state index in [4.69, 9.17) is 9.47 Å². The Morgan fingerprint density at radius 1 is 1.19 bits per heavy atom. The molecule has 4 aliphatic rings. The van der Waals surface area contributed by atoms with E-state index in [9.17, 15) is 14.9 Å². The quantitative estimate of drug-likeness (QED) is 0.739. The predicted molar refractivity (Wildman–Crippen MR) is 98.5 cm³/mol. The number of nitriles is 1. The number of ether oxygens (including phenoxy) is 2. The molecule has 5 atom stereocenters. The number of carbonyl (C=O) groups excluding carboxylic acids is 2. The van der Waals surface area contributed by atoms with Crippen LogP contribution < -0.4 is 9.47 Å². The van der Waals surface area contributed by atoms with Gasteiger partial charge in [0, 0.05) is 13.0 Å². The molecule has 3 heterocycles. The third-order valence-electron chi connectivity index (χ3n) is 6.76. The molecule has 27 heavy (non-hydrogen) atoms. The molecule has 1 unspecified atom stereocenters. The summed E-state index contributed by atoms with van der Waals surface area (Å²) in [5.74, 6) is 0.487. The second-order valence-electron chi connectivity index (χ2n) is 8.27. The van der Waals surface area contributed by atoms with Crippen LogP contribution in [0.25, 0.3) is 0 Å². The van der Waals surface area contributed by atoms with Crippen molar-refractivity contribution in [1.82, 2.24) is 4.90 Å². The number of nitrogens with zero attached hydrogens (tertiary/aromatic N) is 2. The SMILES string of the molecule is CN1C(=O)[C@@]23C[C@](C)(C#N)[C@H](c4ccc5c(c4)OCCO5)C2C(=O)[C@]1(C)S3. The van der Waals surface area contributed by atoms with Crippen molar-refractivity contribution < 1.29 is 19.1 Å². The van der Waals surface area contributed by atoms with E-state index in [1.165, 1.54) is 11.8 Å². The van der Waals surface area contributed by atoms with E-state index >= 15 is 0 Å². The molecule has 2 bridgehead atoms. The molecule has 1 saturated carbocycles. The van der Waals surface area contributed by atoms with Gasteiger partial charge in [-0.25, -0.2) is 0 Å². The van der Waals surface area contributed by atoms with Crippen LogP contribution in [0.4, 0.5) is 0 Å². The number of likely N-dealkylation sites (tertiary alicyclic amines) is 1. The van der Waals surface area contributed by atoms with Gasteiger partial charge < -0.3 is 14.4 Å². The first kappa shape index (κ1) is 16.9. The van der Waals surface area contributed by atoms with Crippen LogP contribution in [0.2, 0.25) is 0 Å². The lowest BCUT2D eigenvalue weighted by atomic mass is 9.71. The number of fused-ring (bicyclic) bond motifs is 2. The van der Waals surface area contributed by atoms with Crippen LogP contribution in [0.15, 0.2) is 18.2 Å². The Balaban J connectivity index is 1.67. The minimum Gasteiger partial charge on any atom is -0.486 e. The highest BCUT2D eigenvalue weighted by molar-refractivity contribution is 8.04. The van der Waals surface area contributed by atoms with E-state index in [-0.39, 0.29) is 17.6 Å². The summed E-state index contributed by atoms with van der Waals surface area (Å²) >= 11 is 1.44. The molecular weight excluding hydrogens is 364 g/mol. The summed E-state index contributed by atoms with van der Waals surface area (Å²) < 4.78 is 10.5. The van der Waals surface area contributed by atoms with Gasteiger partial charge in [0.25, 0.3) is 0 Å². The summed E-state index contributed by atoms with van der Waals surface area (Å²) in [5, 5.41) is 10.0. The van der Waals surface area contributed by atoms with E-state index < -0.39 is 21.0 Å². The summed E-state index contributed by atoms with van der Waals surface area (Å²) in [7, 11) is 1.69. The van der Waals surface area contributed by atoms with Crippen molar-refractivity contribution in [2.24, 2.45) is 11.3 Å². The molecule has 6 nitrogen and oxygen atoms in total. The number of amides is 1. The van der Waals surface area contributed by atoms with Gasteiger partial charge in [0.05, 0.1) is 17.4 Å². The predicted octanol–water partition coefficient (Wildman–Crippen LogP) is 2.33. The maximum absolute atomic E-state index is 13.4. The molecule has 1 spiro atoms. The van der Waals surface area contributed by atoms with Crippen molar-refractivity contribution in [3.8, 4) is 17.6 Å². The fourth-order valence-corrected chi connectivity index (χ4v) is 7.57. The number of ketones is 1. The van der Waals surface area contributed by atoms with E-state index in [0.717, 1.165) is 5.56 Å². The largest absolute Gasteiger partial charge is 0.486 e. The number of likely N-dealkylation sites (N-methyl/N-ethyl adjacent to an activating group) is 1. The van der Waals surface area contributed by atoms with Crippen molar-refractivity contribution >= 4 is 23.5 Å². The maximum Gasteiger partial charge on any atom is 0.240 e. The van der Waals surface area contributed by atoms with Gasteiger partial charge >= 0.3 is 0 Å². The van der Waals surface area contributed by atoms with Crippen LogP contribution in [0.3, 0.4) is 0 Å². The van der Waals surface area contributed by atoms with Crippen LogP contribution in [-0.2, 0) is 9.59 Å². The molecule has 3 aliphatic heterocycles. The lowest BCUT2D eigenvalue weighted by Crippen LogP contribution is -2.56. The van der Waals surface area contributed by atoms with Crippen LogP contribution >= 0.6 is 11.8 Å². The number of hydrogen-bond acceptors (Lipinski definition) is 6. The fraction of sp³-hybridized carbons (Fsp3) is 0.550. The highest BCUT2D eigenvalue weighted by atomic mass is 32.2. The van der Waals surface area contributed by atoms with Gasteiger partial charge in [-0.05, 0) is 38.0 Å². The summed E-state index contributed by atoms with van der Waals surface area (Å²) in [6.45, 7) is 4.68. The molecule has 1 aliphatic carbocycles. The van der Waals surface area contributed by atoms with E-state index in [0.29, 0.717) is 31.1 Å². The molecule has 0 N–H and O–H groups in total. The molecule has 2 saturated heterocycles. The summed E-state index contributed by atoms with van der Waals surface area (Å²) in [6, 6.07) is 8.07. The van der Waals surface area contributed by atoms with Crippen LogP contribution in [0.5, 0.6) is 11.5 Å². The van der Waals surface area contributed by atoms with Gasteiger partial charge in [0.1, 0.15) is 22.8 Å². The standard InChI is InChI=1S/C20H20N2O4S/c1-18(10-21)9-20-15(16(23)19(2,27-20)22(3)17(20)24)14(18)11-4-5-12-13(8-11)26-7-6-25-12/h4-5,8,14-15H,6-7,9H2,1-3H3/t14-,15?,18-,19+,20-/m1/s1. The Morgan fingerprint density at radius 2 is 1.89 bits per heavy atom. The smallest absolute Gasteiger partial charge is 0.240 e. The van der Waals surface area contributed by atoms with Gasteiger partial charge in [-0.2, -0.15) is 5.26 Å². The summed E-state index contributed by atoms with van der Waals surface area (Å²) in [4.78, 5) is 27.3. The van der Waals surface area contributed by atoms with Crippen molar-refractivity contribution in [3.63, 3.8) is 0 Å². The molecule has 7 heteroatoms. The average Bonchev–Trinajstić information content (AvgIpc) is 3.14. The zero-order chi connectivity index (χ0) is 19.2.